The third kappa shape index (κ3) is 3.13. The standard InChI is InChI=1S/C11H17N3O2/c1-7(16-2)6-14-10-5-8(11(13)15)3-4-9(10)12/h3-5,7,14H,6,12H2,1-2H3,(H2,13,15). The number of nitrogen functional groups attached to an aromatic ring is 1. The zero-order valence-electron chi connectivity index (χ0n) is 9.49. The monoisotopic (exact) mass is 223 g/mol. The molecule has 5 heteroatoms. The Morgan fingerprint density at radius 1 is 1.56 bits per heavy atom. The largest absolute Gasteiger partial charge is 0.397 e. The zero-order chi connectivity index (χ0) is 12.1. The minimum absolute atomic E-state index is 0.0663. The summed E-state index contributed by atoms with van der Waals surface area (Å²) < 4.78 is 5.09. The van der Waals surface area contributed by atoms with Crippen LogP contribution in [0.15, 0.2) is 18.2 Å². The van der Waals surface area contributed by atoms with E-state index in [0.29, 0.717) is 23.5 Å². The molecule has 0 heterocycles. The number of carbonyl (C=O) groups is 1. The molecule has 0 aliphatic heterocycles. The lowest BCUT2D eigenvalue weighted by Crippen LogP contribution is -2.19. The number of primary amides is 1. The number of methoxy groups -OCH3 is 1. The van der Waals surface area contributed by atoms with Crippen molar-refractivity contribution in [1.29, 1.82) is 0 Å². The van der Waals surface area contributed by atoms with E-state index >= 15 is 0 Å². The van der Waals surface area contributed by atoms with Gasteiger partial charge in [0, 0.05) is 19.2 Å². The molecule has 88 valence electrons. The van der Waals surface area contributed by atoms with Crippen LogP contribution in [-0.4, -0.2) is 25.7 Å². The van der Waals surface area contributed by atoms with E-state index in [4.69, 9.17) is 16.2 Å². The molecule has 5 nitrogen and oxygen atoms in total. The number of carbonyl (C=O) groups excluding carboxylic acids is 1. The SMILES string of the molecule is COC(C)CNc1cc(C(N)=O)ccc1N. The number of ether oxygens (including phenoxy) is 1. The smallest absolute Gasteiger partial charge is 0.248 e. The molecule has 0 saturated heterocycles. The number of anilines is 2. The van der Waals surface area contributed by atoms with Crippen LogP contribution in [0.1, 0.15) is 17.3 Å². The summed E-state index contributed by atoms with van der Waals surface area (Å²) in [6.45, 7) is 2.55. The number of nitrogens with two attached hydrogens (primary N) is 2. The second-order valence-electron chi connectivity index (χ2n) is 3.59. The Bertz CT molecular complexity index is 379. The molecule has 1 aromatic carbocycles. The lowest BCUT2D eigenvalue weighted by atomic mass is 10.1. The van der Waals surface area contributed by atoms with E-state index in [0.717, 1.165) is 0 Å². The molecule has 0 fully saturated rings. The second-order valence-corrected chi connectivity index (χ2v) is 3.59. The molecule has 0 spiro atoms. The van der Waals surface area contributed by atoms with Gasteiger partial charge in [-0.2, -0.15) is 0 Å². The maximum absolute atomic E-state index is 11.0. The van der Waals surface area contributed by atoms with Crippen LogP contribution >= 0.6 is 0 Å². The van der Waals surface area contributed by atoms with Gasteiger partial charge in [0.1, 0.15) is 0 Å². The summed E-state index contributed by atoms with van der Waals surface area (Å²) in [4.78, 5) is 11.0. The number of hydrogen-bond donors (Lipinski definition) is 3. The average Bonchev–Trinajstić information content (AvgIpc) is 2.27. The van der Waals surface area contributed by atoms with Gasteiger partial charge in [0.15, 0.2) is 0 Å². The first-order valence-electron chi connectivity index (χ1n) is 5.00. The van der Waals surface area contributed by atoms with Crippen molar-refractivity contribution in [1.82, 2.24) is 0 Å². The number of nitrogens with one attached hydrogen (secondary N) is 1. The molecule has 5 N–H and O–H groups in total. The molecule has 16 heavy (non-hydrogen) atoms. The Balaban J connectivity index is 2.78. The van der Waals surface area contributed by atoms with Crippen molar-refractivity contribution in [2.45, 2.75) is 13.0 Å². The van der Waals surface area contributed by atoms with Gasteiger partial charge in [-0.1, -0.05) is 0 Å². The van der Waals surface area contributed by atoms with Gasteiger partial charge in [0.05, 0.1) is 17.5 Å². The first kappa shape index (κ1) is 12.3. The van der Waals surface area contributed by atoms with E-state index in [-0.39, 0.29) is 6.10 Å². The van der Waals surface area contributed by atoms with E-state index < -0.39 is 5.91 Å². The summed E-state index contributed by atoms with van der Waals surface area (Å²) in [6.07, 6.45) is 0.0663. The van der Waals surface area contributed by atoms with Crippen LogP contribution in [0.3, 0.4) is 0 Å². The van der Waals surface area contributed by atoms with Crippen molar-refractivity contribution >= 4 is 17.3 Å². The van der Waals surface area contributed by atoms with E-state index in [2.05, 4.69) is 5.32 Å². The molecule has 1 unspecified atom stereocenters. The highest BCUT2D eigenvalue weighted by Crippen LogP contribution is 2.19. The Morgan fingerprint density at radius 2 is 2.25 bits per heavy atom. The van der Waals surface area contributed by atoms with Crippen LogP contribution in [0, 0.1) is 0 Å². The van der Waals surface area contributed by atoms with Crippen molar-refractivity contribution in [2.24, 2.45) is 5.73 Å². The Morgan fingerprint density at radius 3 is 2.81 bits per heavy atom. The Hall–Kier alpha value is -1.75. The number of rotatable bonds is 5. The van der Waals surface area contributed by atoms with Crippen molar-refractivity contribution in [3.63, 3.8) is 0 Å². The van der Waals surface area contributed by atoms with Gasteiger partial charge in [-0.05, 0) is 25.1 Å². The molecule has 0 saturated carbocycles. The van der Waals surface area contributed by atoms with Gasteiger partial charge in [-0.3, -0.25) is 4.79 Å². The molecule has 1 rings (SSSR count). The third-order valence-electron chi connectivity index (χ3n) is 2.32. The minimum Gasteiger partial charge on any atom is -0.397 e. The highest BCUT2D eigenvalue weighted by atomic mass is 16.5. The fraction of sp³-hybridized carbons (Fsp3) is 0.364. The van der Waals surface area contributed by atoms with Gasteiger partial charge in [0.25, 0.3) is 0 Å². The summed E-state index contributed by atoms with van der Waals surface area (Å²) in [7, 11) is 1.63. The topological polar surface area (TPSA) is 90.4 Å². The van der Waals surface area contributed by atoms with Crippen LogP contribution in [0.5, 0.6) is 0 Å². The van der Waals surface area contributed by atoms with Crippen LogP contribution in [0.25, 0.3) is 0 Å². The first-order valence-corrected chi connectivity index (χ1v) is 5.00. The average molecular weight is 223 g/mol. The van der Waals surface area contributed by atoms with Crippen LogP contribution in [0.4, 0.5) is 11.4 Å². The van der Waals surface area contributed by atoms with Gasteiger partial charge in [-0.25, -0.2) is 0 Å². The zero-order valence-corrected chi connectivity index (χ0v) is 9.49. The summed E-state index contributed by atoms with van der Waals surface area (Å²) in [6, 6.07) is 4.89. The lowest BCUT2D eigenvalue weighted by molar-refractivity contribution is 0.100. The summed E-state index contributed by atoms with van der Waals surface area (Å²) in [5.74, 6) is -0.470. The van der Waals surface area contributed by atoms with Crippen molar-refractivity contribution in [2.75, 3.05) is 24.7 Å². The molecule has 0 aromatic heterocycles. The highest BCUT2D eigenvalue weighted by Gasteiger charge is 2.06. The second kappa shape index (κ2) is 5.37. The quantitative estimate of drug-likeness (QED) is 0.644. The van der Waals surface area contributed by atoms with Crippen LogP contribution < -0.4 is 16.8 Å². The van der Waals surface area contributed by atoms with E-state index in [1.807, 2.05) is 6.92 Å². The fourth-order valence-electron chi connectivity index (χ4n) is 1.20. The summed E-state index contributed by atoms with van der Waals surface area (Å²) >= 11 is 0. The normalized spacial score (nSPS) is 12.1. The maximum Gasteiger partial charge on any atom is 0.248 e. The van der Waals surface area contributed by atoms with Crippen molar-refractivity contribution < 1.29 is 9.53 Å². The minimum atomic E-state index is -0.470. The fourth-order valence-corrected chi connectivity index (χ4v) is 1.20. The molecular weight excluding hydrogens is 206 g/mol. The predicted molar refractivity (Wildman–Crippen MR) is 64.3 cm³/mol. The van der Waals surface area contributed by atoms with Gasteiger partial charge in [-0.15, -0.1) is 0 Å². The Labute approximate surface area is 94.8 Å². The molecule has 1 atom stereocenters. The summed E-state index contributed by atoms with van der Waals surface area (Å²) in [5, 5.41) is 3.10. The van der Waals surface area contributed by atoms with Gasteiger partial charge >= 0.3 is 0 Å². The van der Waals surface area contributed by atoms with Crippen LogP contribution in [0.2, 0.25) is 0 Å². The third-order valence-corrected chi connectivity index (χ3v) is 2.32. The van der Waals surface area contributed by atoms with Crippen molar-refractivity contribution in [3.05, 3.63) is 23.8 Å². The molecule has 0 aliphatic carbocycles. The maximum atomic E-state index is 11.0. The Kier molecular flexibility index (Phi) is 4.13. The molecule has 0 radical (unpaired) electrons. The van der Waals surface area contributed by atoms with E-state index in [1.54, 1.807) is 25.3 Å². The molecule has 0 bridgehead atoms. The summed E-state index contributed by atoms with van der Waals surface area (Å²) in [5.41, 5.74) is 12.6. The van der Waals surface area contributed by atoms with E-state index in [9.17, 15) is 4.79 Å². The van der Waals surface area contributed by atoms with E-state index in [1.165, 1.54) is 0 Å². The molecular formula is C11H17N3O2. The van der Waals surface area contributed by atoms with Gasteiger partial charge < -0.3 is 21.5 Å². The molecule has 0 aliphatic rings. The van der Waals surface area contributed by atoms with Crippen molar-refractivity contribution in [3.8, 4) is 0 Å². The van der Waals surface area contributed by atoms with Crippen LogP contribution in [-0.2, 0) is 4.74 Å². The number of benzene rings is 1. The molecule has 1 aromatic rings. The number of hydrogen-bond acceptors (Lipinski definition) is 4. The predicted octanol–water partition coefficient (Wildman–Crippen LogP) is 0.814. The lowest BCUT2D eigenvalue weighted by Gasteiger charge is -2.14. The highest BCUT2D eigenvalue weighted by molar-refractivity contribution is 5.94. The van der Waals surface area contributed by atoms with Gasteiger partial charge in [0.2, 0.25) is 5.91 Å². The molecule has 1 amide bonds. The first-order chi connectivity index (χ1) is 7.54. The number of amides is 1.